The molecule has 0 aliphatic carbocycles. The van der Waals surface area contributed by atoms with Crippen LogP contribution < -0.4 is 10.5 Å². The zero-order valence-corrected chi connectivity index (χ0v) is 9.16. The Bertz CT molecular complexity index is 521. The molecule has 0 bridgehead atoms. The van der Waals surface area contributed by atoms with Crippen molar-refractivity contribution in [2.45, 2.75) is 13.8 Å². The average molecular weight is 202 g/mol. The molecule has 0 aliphatic rings. The first-order valence-corrected chi connectivity index (χ1v) is 4.84. The Hall–Kier alpha value is -1.77. The van der Waals surface area contributed by atoms with Gasteiger partial charge in [0.1, 0.15) is 5.75 Å². The van der Waals surface area contributed by atoms with Gasteiger partial charge in [0.15, 0.2) is 0 Å². The molecule has 78 valence electrons. The van der Waals surface area contributed by atoms with E-state index < -0.39 is 0 Å². The van der Waals surface area contributed by atoms with Gasteiger partial charge in [-0.1, -0.05) is 0 Å². The number of hydrogen-bond donors (Lipinski definition) is 1. The molecule has 0 amide bonds. The number of nitrogens with two attached hydrogens (primary N) is 1. The number of benzene rings is 1. The van der Waals surface area contributed by atoms with Gasteiger partial charge in [-0.25, -0.2) is 0 Å². The normalized spacial score (nSPS) is 10.6. The van der Waals surface area contributed by atoms with Crippen LogP contribution in [-0.4, -0.2) is 12.1 Å². The predicted octanol–water partition coefficient (Wildman–Crippen LogP) is 2.44. The second-order valence-corrected chi connectivity index (χ2v) is 3.66. The topological polar surface area (TPSA) is 48.1 Å². The Morgan fingerprint density at radius 3 is 2.67 bits per heavy atom. The van der Waals surface area contributed by atoms with Crippen molar-refractivity contribution in [3.05, 3.63) is 29.5 Å². The van der Waals surface area contributed by atoms with Gasteiger partial charge in [-0.2, -0.15) is 0 Å². The fourth-order valence-corrected chi connectivity index (χ4v) is 1.81. The Morgan fingerprint density at radius 1 is 1.27 bits per heavy atom. The summed E-state index contributed by atoms with van der Waals surface area (Å²) in [5.74, 6) is 0.853. The second kappa shape index (κ2) is 3.42. The molecule has 0 saturated carbocycles. The van der Waals surface area contributed by atoms with Crippen LogP contribution in [0.15, 0.2) is 18.2 Å². The highest BCUT2D eigenvalue weighted by molar-refractivity contribution is 5.95. The van der Waals surface area contributed by atoms with E-state index in [9.17, 15) is 0 Å². The van der Waals surface area contributed by atoms with Crippen molar-refractivity contribution in [2.24, 2.45) is 0 Å². The fraction of sp³-hybridized carbons (Fsp3) is 0.250. The van der Waals surface area contributed by atoms with Crippen LogP contribution in [0.5, 0.6) is 5.75 Å². The van der Waals surface area contributed by atoms with Crippen LogP contribution in [0, 0.1) is 13.8 Å². The van der Waals surface area contributed by atoms with Crippen LogP contribution in [0.3, 0.4) is 0 Å². The van der Waals surface area contributed by atoms with Crippen LogP contribution in [0.1, 0.15) is 11.3 Å². The minimum Gasteiger partial charge on any atom is -0.496 e. The lowest BCUT2D eigenvalue weighted by atomic mass is 10.1. The maximum absolute atomic E-state index is 5.93. The summed E-state index contributed by atoms with van der Waals surface area (Å²) in [6.07, 6.45) is 0. The van der Waals surface area contributed by atoms with Crippen LogP contribution in [0.4, 0.5) is 5.69 Å². The predicted molar refractivity (Wildman–Crippen MR) is 62.2 cm³/mol. The molecule has 0 radical (unpaired) electrons. The zero-order valence-electron chi connectivity index (χ0n) is 9.16. The van der Waals surface area contributed by atoms with E-state index in [1.54, 1.807) is 7.11 Å². The molecule has 1 aromatic carbocycles. The summed E-state index contributed by atoms with van der Waals surface area (Å²) in [6.45, 7) is 3.93. The number of anilines is 1. The van der Waals surface area contributed by atoms with Crippen molar-refractivity contribution in [1.29, 1.82) is 0 Å². The Labute approximate surface area is 88.9 Å². The number of pyridine rings is 1. The molecular weight excluding hydrogens is 188 g/mol. The molecule has 3 heteroatoms. The molecule has 0 aliphatic heterocycles. The second-order valence-electron chi connectivity index (χ2n) is 3.66. The zero-order chi connectivity index (χ0) is 11.0. The minimum absolute atomic E-state index is 0.701. The number of fused-ring (bicyclic) bond motifs is 1. The number of hydrogen-bond acceptors (Lipinski definition) is 3. The van der Waals surface area contributed by atoms with Gasteiger partial charge in [-0.15, -0.1) is 0 Å². The lowest BCUT2D eigenvalue weighted by Gasteiger charge is -2.10. The van der Waals surface area contributed by atoms with Gasteiger partial charge in [0.05, 0.1) is 18.3 Å². The third-order valence-electron chi connectivity index (χ3n) is 2.49. The average Bonchev–Trinajstić information content (AvgIpc) is 2.19. The van der Waals surface area contributed by atoms with Crippen molar-refractivity contribution in [1.82, 2.24) is 4.98 Å². The molecule has 2 aromatic rings. The van der Waals surface area contributed by atoms with E-state index >= 15 is 0 Å². The molecule has 1 aromatic heterocycles. The van der Waals surface area contributed by atoms with Gasteiger partial charge in [0.2, 0.25) is 0 Å². The molecule has 0 unspecified atom stereocenters. The van der Waals surface area contributed by atoms with Crippen molar-refractivity contribution >= 4 is 16.6 Å². The Morgan fingerprint density at radius 2 is 2.00 bits per heavy atom. The number of aryl methyl sites for hydroxylation is 2. The summed E-state index contributed by atoms with van der Waals surface area (Å²) in [7, 11) is 1.66. The first-order valence-electron chi connectivity index (χ1n) is 4.84. The van der Waals surface area contributed by atoms with Crippen LogP contribution in [0.2, 0.25) is 0 Å². The van der Waals surface area contributed by atoms with Crippen LogP contribution >= 0.6 is 0 Å². The third kappa shape index (κ3) is 1.50. The molecule has 0 fully saturated rings. The van der Waals surface area contributed by atoms with Crippen molar-refractivity contribution in [2.75, 3.05) is 12.8 Å². The standard InChI is InChI=1S/C12H14N2O/c1-7-6-10(13)11-9(12(7)15-3)5-4-8(2)14-11/h4-6H,13H2,1-3H3. The molecular formula is C12H14N2O. The molecule has 3 nitrogen and oxygen atoms in total. The largest absolute Gasteiger partial charge is 0.496 e. The van der Waals surface area contributed by atoms with Gasteiger partial charge in [0.25, 0.3) is 0 Å². The van der Waals surface area contributed by atoms with E-state index in [0.717, 1.165) is 27.9 Å². The fourth-order valence-electron chi connectivity index (χ4n) is 1.81. The molecule has 0 spiro atoms. The van der Waals surface area contributed by atoms with Crippen LogP contribution in [0.25, 0.3) is 10.9 Å². The monoisotopic (exact) mass is 202 g/mol. The SMILES string of the molecule is COc1c(C)cc(N)c2nc(C)ccc12. The van der Waals surface area contributed by atoms with Crippen LogP contribution in [-0.2, 0) is 0 Å². The summed E-state index contributed by atoms with van der Waals surface area (Å²) in [5, 5.41) is 0.973. The summed E-state index contributed by atoms with van der Waals surface area (Å²) < 4.78 is 5.36. The van der Waals surface area contributed by atoms with E-state index in [-0.39, 0.29) is 0 Å². The molecule has 15 heavy (non-hydrogen) atoms. The number of nitrogens with zero attached hydrogens (tertiary/aromatic N) is 1. The van der Waals surface area contributed by atoms with E-state index in [4.69, 9.17) is 10.5 Å². The summed E-state index contributed by atoms with van der Waals surface area (Å²) >= 11 is 0. The Balaban J connectivity index is 2.90. The maximum atomic E-state index is 5.93. The van der Waals surface area contributed by atoms with Gasteiger partial charge in [-0.3, -0.25) is 4.98 Å². The van der Waals surface area contributed by atoms with Gasteiger partial charge in [-0.05, 0) is 37.6 Å². The first-order chi connectivity index (χ1) is 7.13. The number of ether oxygens (including phenoxy) is 1. The number of aromatic nitrogens is 1. The Kier molecular flexibility index (Phi) is 2.23. The van der Waals surface area contributed by atoms with Gasteiger partial charge < -0.3 is 10.5 Å². The molecule has 2 rings (SSSR count). The molecule has 2 N–H and O–H groups in total. The summed E-state index contributed by atoms with van der Waals surface area (Å²) in [6, 6.07) is 5.86. The quantitative estimate of drug-likeness (QED) is 0.722. The first kappa shape index (κ1) is 9.77. The lowest BCUT2D eigenvalue weighted by molar-refractivity contribution is 0.417. The number of rotatable bonds is 1. The highest BCUT2D eigenvalue weighted by Gasteiger charge is 2.09. The lowest BCUT2D eigenvalue weighted by Crippen LogP contribution is -1.96. The maximum Gasteiger partial charge on any atom is 0.131 e. The highest BCUT2D eigenvalue weighted by Crippen LogP contribution is 2.32. The molecule has 0 atom stereocenters. The summed E-state index contributed by atoms with van der Waals surface area (Å²) in [4.78, 5) is 4.42. The highest BCUT2D eigenvalue weighted by atomic mass is 16.5. The third-order valence-corrected chi connectivity index (χ3v) is 2.49. The summed E-state index contributed by atoms with van der Waals surface area (Å²) in [5.41, 5.74) is 9.44. The van der Waals surface area contributed by atoms with E-state index in [1.165, 1.54) is 0 Å². The number of nitrogen functional groups attached to an aromatic ring is 1. The van der Waals surface area contributed by atoms with Crippen molar-refractivity contribution < 1.29 is 4.74 Å². The molecule has 0 saturated heterocycles. The van der Waals surface area contributed by atoms with Gasteiger partial charge >= 0.3 is 0 Å². The van der Waals surface area contributed by atoms with E-state index in [2.05, 4.69) is 4.98 Å². The minimum atomic E-state index is 0.701. The van der Waals surface area contributed by atoms with E-state index in [0.29, 0.717) is 5.69 Å². The van der Waals surface area contributed by atoms with Crippen molar-refractivity contribution in [3.8, 4) is 5.75 Å². The van der Waals surface area contributed by atoms with E-state index in [1.807, 2.05) is 32.0 Å². The molecule has 1 heterocycles. The van der Waals surface area contributed by atoms with Gasteiger partial charge in [0, 0.05) is 11.1 Å². The van der Waals surface area contributed by atoms with Crippen molar-refractivity contribution in [3.63, 3.8) is 0 Å². The number of methoxy groups -OCH3 is 1. The smallest absolute Gasteiger partial charge is 0.131 e.